The third-order valence-electron chi connectivity index (χ3n) is 3.17. The molecule has 0 aliphatic heterocycles. The van der Waals surface area contributed by atoms with Crippen molar-refractivity contribution in [2.24, 2.45) is 0 Å². The van der Waals surface area contributed by atoms with Crippen molar-refractivity contribution < 1.29 is 4.79 Å². The molecule has 2 aromatic carbocycles. The van der Waals surface area contributed by atoms with Crippen LogP contribution in [0.15, 0.2) is 48.5 Å². The van der Waals surface area contributed by atoms with Gasteiger partial charge in [-0.2, -0.15) is 5.26 Å². The van der Waals surface area contributed by atoms with Crippen molar-refractivity contribution in [2.45, 2.75) is 19.4 Å². The fourth-order valence-corrected chi connectivity index (χ4v) is 2.24. The van der Waals surface area contributed by atoms with Crippen molar-refractivity contribution in [3.63, 3.8) is 0 Å². The number of hydrogen-bond donors (Lipinski definition) is 2. The van der Waals surface area contributed by atoms with Crippen molar-refractivity contribution in [3.8, 4) is 6.07 Å². The summed E-state index contributed by atoms with van der Waals surface area (Å²) in [6.07, 6.45) is -0.194. The van der Waals surface area contributed by atoms with E-state index in [2.05, 4.69) is 10.6 Å². The highest BCUT2D eigenvalue weighted by Crippen LogP contribution is 2.29. The lowest BCUT2D eigenvalue weighted by Crippen LogP contribution is -2.14. The first-order valence-electron chi connectivity index (χ1n) is 6.88. The minimum atomic E-state index is -0.361. The van der Waals surface area contributed by atoms with Crippen LogP contribution in [0.5, 0.6) is 0 Å². The molecular formula is C17H16ClN3O. The van der Waals surface area contributed by atoms with Crippen molar-refractivity contribution in [3.05, 3.63) is 59.1 Å². The molecule has 1 unspecified atom stereocenters. The Kier molecular flexibility index (Phi) is 5.40. The highest BCUT2D eigenvalue weighted by molar-refractivity contribution is 6.31. The summed E-state index contributed by atoms with van der Waals surface area (Å²) in [5.74, 6) is -0.361. The number of amides is 1. The van der Waals surface area contributed by atoms with Gasteiger partial charge in [0.05, 0.1) is 17.4 Å². The number of carbonyl (C=O) groups is 1. The summed E-state index contributed by atoms with van der Waals surface area (Å²) in [4.78, 5) is 11.6. The molecule has 1 amide bonds. The maximum atomic E-state index is 11.6. The Morgan fingerprint density at radius 2 is 1.95 bits per heavy atom. The lowest BCUT2D eigenvalue weighted by atomic mass is 10.1. The highest BCUT2D eigenvalue weighted by Gasteiger charge is 2.11. The molecule has 4 nitrogen and oxygen atoms in total. The topological polar surface area (TPSA) is 64.9 Å². The lowest BCUT2D eigenvalue weighted by Gasteiger charge is -2.19. The Morgan fingerprint density at radius 3 is 2.64 bits per heavy atom. The van der Waals surface area contributed by atoms with Gasteiger partial charge >= 0.3 is 0 Å². The van der Waals surface area contributed by atoms with Crippen LogP contribution in [-0.4, -0.2) is 5.91 Å². The molecule has 0 spiro atoms. The third kappa shape index (κ3) is 4.24. The number of benzene rings is 2. The van der Waals surface area contributed by atoms with Crippen LogP contribution in [0.1, 0.15) is 24.9 Å². The van der Waals surface area contributed by atoms with Gasteiger partial charge in [0.15, 0.2) is 0 Å². The fourth-order valence-electron chi connectivity index (χ4n) is 2.07. The molecule has 2 rings (SSSR count). The molecule has 0 aromatic heterocycles. The largest absolute Gasteiger partial charge is 0.377 e. The van der Waals surface area contributed by atoms with E-state index in [0.29, 0.717) is 10.7 Å². The second-order valence-electron chi connectivity index (χ2n) is 4.85. The van der Waals surface area contributed by atoms with Crippen LogP contribution in [0.25, 0.3) is 0 Å². The zero-order valence-electron chi connectivity index (χ0n) is 12.1. The molecule has 0 saturated heterocycles. The van der Waals surface area contributed by atoms with E-state index in [4.69, 9.17) is 16.9 Å². The average molecular weight is 314 g/mol. The molecule has 0 radical (unpaired) electrons. The zero-order valence-corrected chi connectivity index (χ0v) is 12.9. The summed E-state index contributed by atoms with van der Waals surface area (Å²) in [6.45, 7) is 2.03. The summed E-state index contributed by atoms with van der Waals surface area (Å²) >= 11 is 5.99. The summed E-state index contributed by atoms with van der Waals surface area (Å²) in [5.41, 5.74) is 2.45. The van der Waals surface area contributed by atoms with Gasteiger partial charge in [0, 0.05) is 11.1 Å². The number of anilines is 2. The molecule has 0 heterocycles. The number of nitrogens with zero attached hydrogens (tertiary/aromatic N) is 1. The van der Waals surface area contributed by atoms with E-state index >= 15 is 0 Å². The van der Waals surface area contributed by atoms with Gasteiger partial charge in [-0.15, -0.1) is 0 Å². The first-order chi connectivity index (χ1) is 10.6. The molecule has 0 aliphatic rings. The van der Waals surface area contributed by atoms with E-state index in [1.807, 2.05) is 49.4 Å². The predicted molar refractivity (Wildman–Crippen MR) is 88.8 cm³/mol. The van der Waals surface area contributed by atoms with Crippen molar-refractivity contribution in [1.82, 2.24) is 0 Å². The van der Waals surface area contributed by atoms with E-state index in [9.17, 15) is 4.79 Å². The number of rotatable bonds is 5. The molecule has 2 aromatic rings. The Bertz CT molecular complexity index is 695. The van der Waals surface area contributed by atoms with Gasteiger partial charge in [0.2, 0.25) is 5.91 Å². The smallest absolute Gasteiger partial charge is 0.238 e. The summed E-state index contributed by atoms with van der Waals surface area (Å²) in [6, 6.07) is 17.1. The van der Waals surface area contributed by atoms with Crippen LogP contribution in [-0.2, 0) is 4.79 Å². The Labute approximate surface area is 134 Å². The normalized spacial score (nSPS) is 11.3. The van der Waals surface area contributed by atoms with E-state index in [1.54, 1.807) is 12.1 Å². The number of hydrogen-bond acceptors (Lipinski definition) is 3. The average Bonchev–Trinajstić information content (AvgIpc) is 2.51. The van der Waals surface area contributed by atoms with Crippen LogP contribution in [0.2, 0.25) is 5.02 Å². The quantitative estimate of drug-likeness (QED) is 0.861. The van der Waals surface area contributed by atoms with Gasteiger partial charge in [-0.05, 0) is 30.7 Å². The molecule has 22 heavy (non-hydrogen) atoms. The van der Waals surface area contributed by atoms with Gasteiger partial charge in [-0.25, -0.2) is 0 Å². The highest BCUT2D eigenvalue weighted by atomic mass is 35.5. The molecule has 0 saturated carbocycles. The van der Waals surface area contributed by atoms with Crippen LogP contribution in [0, 0.1) is 11.3 Å². The van der Waals surface area contributed by atoms with E-state index in [-0.39, 0.29) is 18.4 Å². The maximum Gasteiger partial charge on any atom is 0.238 e. The van der Waals surface area contributed by atoms with Gasteiger partial charge in [0.25, 0.3) is 0 Å². The summed E-state index contributed by atoms with van der Waals surface area (Å²) in [5, 5.41) is 15.1. The van der Waals surface area contributed by atoms with Crippen molar-refractivity contribution in [1.29, 1.82) is 5.26 Å². The minimum Gasteiger partial charge on any atom is -0.377 e. The van der Waals surface area contributed by atoms with E-state index in [0.717, 1.165) is 11.3 Å². The van der Waals surface area contributed by atoms with Gasteiger partial charge in [-0.1, -0.05) is 41.9 Å². The van der Waals surface area contributed by atoms with Gasteiger partial charge < -0.3 is 10.6 Å². The Balaban J connectivity index is 2.20. The molecule has 112 valence electrons. The number of nitriles is 1. The summed E-state index contributed by atoms with van der Waals surface area (Å²) < 4.78 is 0. The monoisotopic (exact) mass is 313 g/mol. The number of nitrogens with one attached hydrogen (secondary N) is 2. The zero-order chi connectivity index (χ0) is 15.9. The number of halogens is 1. The SMILES string of the molecule is CC(Nc1ccc(Cl)cc1NC(=O)CC#N)c1ccccc1. The maximum absolute atomic E-state index is 11.6. The van der Waals surface area contributed by atoms with Crippen LogP contribution in [0.4, 0.5) is 11.4 Å². The van der Waals surface area contributed by atoms with Crippen LogP contribution in [0.3, 0.4) is 0 Å². The molecule has 1 atom stereocenters. The number of carbonyl (C=O) groups excluding carboxylic acids is 1. The lowest BCUT2D eigenvalue weighted by molar-refractivity contribution is -0.115. The van der Waals surface area contributed by atoms with Crippen LogP contribution >= 0.6 is 11.6 Å². The van der Waals surface area contributed by atoms with E-state index < -0.39 is 0 Å². The molecule has 0 fully saturated rings. The standard InChI is InChI=1S/C17H16ClN3O/c1-12(13-5-3-2-4-6-13)20-15-8-7-14(18)11-16(15)21-17(22)9-10-19/h2-8,11-12,20H,9H2,1H3,(H,21,22). The fraction of sp³-hybridized carbons (Fsp3) is 0.176. The molecular weight excluding hydrogens is 298 g/mol. The molecule has 0 bridgehead atoms. The second kappa shape index (κ2) is 7.48. The molecule has 0 aliphatic carbocycles. The van der Waals surface area contributed by atoms with Crippen molar-refractivity contribution >= 4 is 28.9 Å². The molecule has 2 N–H and O–H groups in total. The first kappa shape index (κ1) is 15.9. The van der Waals surface area contributed by atoms with Crippen LogP contribution < -0.4 is 10.6 Å². The predicted octanol–water partition coefficient (Wildman–Crippen LogP) is 4.37. The van der Waals surface area contributed by atoms with Gasteiger partial charge in [-0.3, -0.25) is 4.79 Å². The Morgan fingerprint density at radius 1 is 1.23 bits per heavy atom. The van der Waals surface area contributed by atoms with Gasteiger partial charge in [0.1, 0.15) is 6.42 Å². The van der Waals surface area contributed by atoms with E-state index in [1.165, 1.54) is 0 Å². The first-order valence-corrected chi connectivity index (χ1v) is 7.26. The molecule has 5 heteroatoms. The third-order valence-corrected chi connectivity index (χ3v) is 3.40. The summed E-state index contributed by atoms with van der Waals surface area (Å²) in [7, 11) is 0. The Hall–Kier alpha value is -2.51. The minimum absolute atomic E-state index is 0.0639. The second-order valence-corrected chi connectivity index (χ2v) is 5.29. The van der Waals surface area contributed by atoms with Crippen molar-refractivity contribution in [2.75, 3.05) is 10.6 Å².